The van der Waals surface area contributed by atoms with Crippen LogP contribution in [-0.4, -0.2) is 76.0 Å². The highest BCUT2D eigenvalue weighted by atomic mass is 16.5. The summed E-state index contributed by atoms with van der Waals surface area (Å²) in [6.45, 7) is 9.20. The highest BCUT2D eigenvalue weighted by Crippen LogP contribution is 2.35. The minimum atomic E-state index is -0.661. The number of ether oxygens (including phenoxy) is 2. The third-order valence-corrected chi connectivity index (χ3v) is 9.64. The number of nitrogens with one attached hydrogen (secondary N) is 2. The zero-order valence-electron chi connectivity index (χ0n) is 32.3. The molecule has 0 atom stereocenters. The molecule has 4 amide bonds. The number of hydrogen-bond acceptors (Lipinski definition) is 10. The molecule has 0 bridgehead atoms. The van der Waals surface area contributed by atoms with Crippen molar-refractivity contribution in [1.29, 1.82) is 0 Å². The Morgan fingerprint density at radius 1 is 0.737 bits per heavy atom. The van der Waals surface area contributed by atoms with Crippen LogP contribution in [0.2, 0.25) is 0 Å². The maximum atomic E-state index is 13.7. The van der Waals surface area contributed by atoms with Gasteiger partial charge in [0.15, 0.2) is 0 Å². The van der Waals surface area contributed by atoms with Crippen molar-refractivity contribution in [3.8, 4) is 11.5 Å². The van der Waals surface area contributed by atoms with Gasteiger partial charge in [-0.1, -0.05) is 12.2 Å². The van der Waals surface area contributed by atoms with Crippen LogP contribution in [0.25, 0.3) is 22.1 Å². The standard InChI is InChI=1S/C39H44N12O6/c1-6-50-28(14-21(3)46-50)36(54)44-38-42-26-16-24(34(40)52)18-30(56-5)32(26)48(38)12-8-9-13-49-33-27(17-25(35(41)53)19-31(33)57-20-23-10-11-23)43-39(49)45-37(55)29-15-22(4)47-51(29)7-2/h8-9,14-19,23H,6-7,10-13,20H2,1-5H3,(H2,40,52)(H2,41,53)(H,42,44,54)(H,43,45,55)/b9-8+. The van der Waals surface area contributed by atoms with Crippen LogP contribution in [0.4, 0.5) is 11.9 Å². The first-order valence-electron chi connectivity index (χ1n) is 18.6. The van der Waals surface area contributed by atoms with Gasteiger partial charge in [0.1, 0.15) is 33.9 Å². The van der Waals surface area contributed by atoms with Crippen molar-refractivity contribution in [3.63, 3.8) is 0 Å². The predicted molar refractivity (Wildman–Crippen MR) is 212 cm³/mol. The second kappa shape index (κ2) is 15.6. The second-order valence-corrected chi connectivity index (χ2v) is 13.8. The van der Waals surface area contributed by atoms with E-state index in [0.717, 1.165) is 12.8 Å². The van der Waals surface area contributed by atoms with E-state index < -0.39 is 23.6 Å². The summed E-state index contributed by atoms with van der Waals surface area (Å²) in [5.41, 5.74) is 15.7. The van der Waals surface area contributed by atoms with Crippen molar-refractivity contribution in [1.82, 2.24) is 38.7 Å². The normalized spacial score (nSPS) is 12.8. The van der Waals surface area contributed by atoms with E-state index in [0.29, 0.717) is 82.0 Å². The number of benzene rings is 2. The Kier molecular flexibility index (Phi) is 10.5. The molecular weight excluding hydrogens is 733 g/mol. The Morgan fingerprint density at radius 3 is 1.61 bits per heavy atom. The Balaban J connectivity index is 1.27. The number of fused-ring (bicyclic) bond motifs is 2. The molecule has 2 aromatic carbocycles. The van der Waals surface area contributed by atoms with Gasteiger partial charge in [0.2, 0.25) is 23.7 Å². The van der Waals surface area contributed by atoms with Crippen LogP contribution in [0.15, 0.2) is 48.6 Å². The van der Waals surface area contributed by atoms with Crippen molar-refractivity contribution in [3.05, 3.63) is 82.5 Å². The zero-order valence-corrected chi connectivity index (χ0v) is 32.3. The average Bonchev–Trinajstić information content (AvgIpc) is 3.46. The molecule has 18 heteroatoms. The van der Waals surface area contributed by atoms with Gasteiger partial charge in [0.05, 0.1) is 36.1 Å². The lowest BCUT2D eigenvalue weighted by Gasteiger charge is -2.13. The minimum Gasteiger partial charge on any atom is -0.494 e. The molecule has 1 fully saturated rings. The van der Waals surface area contributed by atoms with E-state index in [4.69, 9.17) is 25.9 Å². The number of aryl methyl sites for hydroxylation is 4. The molecule has 1 saturated carbocycles. The van der Waals surface area contributed by atoms with Gasteiger partial charge < -0.3 is 30.1 Å². The summed E-state index contributed by atoms with van der Waals surface area (Å²) in [6.07, 6.45) is 5.82. The molecule has 1 aliphatic rings. The summed E-state index contributed by atoms with van der Waals surface area (Å²) in [4.78, 5) is 61.3. The Morgan fingerprint density at radius 2 is 1.19 bits per heavy atom. The number of nitrogens with zero attached hydrogens (tertiary/aromatic N) is 8. The molecule has 1 aliphatic carbocycles. The molecule has 296 valence electrons. The molecule has 6 aromatic rings. The summed E-state index contributed by atoms with van der Waals surface area (Å²) in [5, 5.41) is 14.7. The van der Waals surface area contributed by atoms with Crippen molar-refractivity contribution in [2.75, 3.05) is 24.4 Å². The molecule has 57 heavy (non-hydrogen) atoms. The highest BCUT2D eigenvalue weighted by molar-refractivity contribution is 6.05. The van der Waals surface area contributed by atoms with E-state index >= 15 is 0 Å². The first-order valence-corrected chi connectivity index (χ1v) is 18.6. The third kappa shape index (κ3) is 7.78. The van der Waals surface area contributed by atoms with E-state index in [1.54, 1.807) is 55.8 Å². The number of methoxy groups -OCH3 is 1. The lowest BCUT2D eigenvalue weighted by Crippen LogP contribution is -2.20. The highest BCUT2D eigenvalue weighted by Gasteiger charge is 2.26. The average molecular weight is 777 g/mol. The molecule has 4 heterocycles. The Labute approximate surface area is 326 Å². The van der Waals surface area contributed by atoms with Crippen LogP contribution >= 0.6 is 0 Å². The van der Waals surface area contributed by atoms with E-state index in [1.165, 1.54) is 13.2 Å². The number of aromatic nitrogens is 8. The maximum absolute atomic E-state index is 13.7. The molecule has 4 aromatic heterocycles. The molecule has 18 nitrogen and oxygen atoms in total. The molecule has 6 N–H and O–H groups in total. The molecule has 0 aliphatic heterocycles. The number of allylic oxidation sites excluding steroid dienone is 2. The summed E-state index contributed by atoms with van der Waals surface area (Å²) in [5.74, 6) is -0.592. The van der Waals surface area contributed by atoms with Crippen LogP contribution in [0, 0.1) is 19.8 Å². The first-order chi connectivity index (χ1) is 27.4. The van der Waals surface area contributed by atoms with Crippen LogP contribution < -0.4 is 31.6 Å². The summed E-state index contributed by atoms with van der Waals surface area (Å²) < 4.78 is 18.7. The van der Waals surface area contributed by atoms with Gasteiger partial charge in [-0.05, 0) is 82.9 Å². The Bertz CT molecular complexity index is 2590. The van der Waals surface area contributed by atoms with Crippen molar-refractivity contribution >= 4 is 57.6 Å². The predicted octanol–water partition coefficient (Wildman–Crippen LogP) is 4.19. The number of amides is 4. The van der Waals surface area contributed by atoms with Crippen molar-refractivity contribution in [2.45, 2.75) is 66.7 Å². The fourth-order valence-electron chi connectivity index (χ4n) is 6.68. The van der Waals surface area contributed by atoms with Gasteiger partial charge in [-0.2, -0.15) is 10.2 Å². The van der Waals surface area contributed by atoms with Crippen LogP contribution in [0.3, 0.4) is 0 Å². The minimum absolute atomic E-state index is 0.185. The van der Waals surface area contributed by atoms with Crippen LogP contribution in [0.1, 0.15) is 79.8 Å². The number of anilines is 2. The lowest BCUT2D eigenvalue weighted by molar-refractivity contribution is 0.0991. The van der Waals surface area contributed by atoms with Crippen LogP contribution in [0.5, 0.6) is 11.5 Å². The summed E-state index contributed by atoms with van der Waals surface area (Å²) >= 11 is 0. The monoisotopic (exact) mass is 776 g/mol. The smallest absolute Gasteiger partial charge is 0.276 e. The molecule has 0 radical (unpaired) electrons. The Hall–Kier alpha value is -6.98. The van der Waals surface area contributed by atoms with E-state index in [2.05, 4.69) is 25.8 Å². The number of primary amides is 2. The van der Waals surface area contributed by atoms with Gasteiger partial charge in [-0.3, -0.25) is 39.2 Å². The quantitative estimate of drug-likeness (QED) is 0.102. The third-order valence-electron chi connectivity index (χ3n) is 9.64. The number of nitrogens with two attached hydrogens (primary N) is 2. The van der Waals surface area contributed by atoms with Crippen molar-refractivity contribution < 1.29 is 28.7 Å². The fourth-order valence-corrected chi connectivity index (χ4v) is 6.68. The van der Waals surface area contributed by atoms with Gasteiger partial charge in [-0.25, -0.2) is 9.97 Å². The summed E-state index contributed by atoms with van der Waals surface area (Å²) in [7, 11) is 1.47. The van der Waals surface area contributed by atoms with Gasteiger partial charge in [0, 0.05) is 37.3 Å². The molecular formula is C39H44N12O6. The summed E-state index contributed by atoms with van der Waals surface area (Å²) in [6, 6.07) is 9.62. The molecule has 0 unspecified atom stereocenters. The number of carbonyl (C=O) groups is 4. The first kappa shape index (κ1) is 38.3. The SMILES string of the molecule is CCn1nc(C)cc1C(=O)Nc1nc2cc(C(N)=O)cc(OC)c2n1C/C=C/Cn1c(NC(=O)c2cc(C)nn2CC)nc2cc(C(N)=O)cc(OCC3CC3)c21. The maximum Gasteiger partial charge on any atom is 0.276 e. The number of rotatable bonds is 16. The van der Waals surface area contributed by atoms with Crippen LogP contribution in [-0.2, 0) is 26.2 Å². The van der Waals surface area contributed by atoms with E-state index in [1.807, 2.05) is 32.9 Å². The number of hydrogen-bond donors (Lipinski definition) is 4. The van der Waals surface area contributed by atoms with Gasteiger partial charge in [0.25, 0.3) is 11.8 Å². The van der Waals surface area contributed by atoms with Crippen molar-refractivity contribution in [2.24, 2.45) is 17.4 Å². The molecule has 0 spiro atoms. The second-order valence-electron chi connectivity index (χ2n) is 13.8. The zero-order chi connectivity index (χ0) is 40.5. The fraction of sp³-hybridized carbons (Fsp3) is 0.333. The van der Waals surface area contributed by atoms with Gasteiger partial charge >= 0.3 is 0 Å². The number of carbonyl (C=O) groups excluding carboxylic acids is 4. The molecule has 7 rings (SSSR count). The molecule has 0 saturated heterocycles. The topological polar surface area (TPSA) is 234 Å². The lowest BCUT2D eigenvalue weighted by atomic mass is 10.1. The van der Waals surface area contributed by atoms with E-state index in [9.17, 15) is 19.2 Å². The largest absolute Gasteiger partial charge is 0.494 e. The van der Waals surface area contributed by atoms with Gasteiger partial charge in [-0.15, -0.1) is 0 Å². The van der Waals surface area contributed by atoms with E-state index in [-0.39, 0.29) is 36.1 Å². The number of imidazole rings is 2.